The second-order valence-corrected chi connectivity index (χ2v) is 5.63. The fourth-order valence-corrected chi connectivity index (χ4v) is 2.94. The molecule has 4 nitrogen and oxygen atoms in total. The molecule has 2 heterocycles. The fourth-order valence-electron chi connectivity index (χ4n) is 2.94. The number of piperidine rings is 1. The van der Waals surface area contributed by atoms with E-state index in [1.54, 1.807) is 0 Å². The van der Waals surface area contributed by atoms with Crippen LogP contribution in [0.5, 0.6) is 0 Å². The highest BCUT2D eigenvalue weighted by Gasteiger charge is 2.33. The highest BCUT2D eigenvalue weighted by Crippen LogP contribution is 2.21. The van der Waals surface area contributed by atoms with Crippen LogP contribution < -0.4 is 5.32 Å². The summed E-state index contributed by atoms with van der Waals surface area (Å²) in [6.45, 7) is 7.38. The van der Waals surface area contributed by atoms with Gasteiger partial charge in [0.25, 0.3) is 0 Å². The van der Waals surface area contributed by atoms with E-state index < -0.39 is 0 Å². The molecule has 2 saturated heterocycles. The van der Waals surface area contributed by atoms with Gasteiger partial charge in [0.15, 0.2) is 0 Å². The first-order chi connectivity index (χ1) is 8.08. The van der Waals surface area contributed by atoms with Gasteiger partial charge in [0.2, 0.25) is 5.91 Å². The van der Waals surface area contributed by atoms with Crippen LogP contribution in [0.2, 0.25) is 0 Å². The van der Waals surface area contributed by atoms with Gasteiger partial charge in [0, 0.05) is 6.54 Å². The van der Waals surface area contributed by atoms with Crippen LogP contribution in [0.25, 0.3) is 0 Å². The molecule has 1 amide bonds. The van der Waals surface area contributed by atoms with Crippen molar-refractivity contribution in [3.8, 4) is 0 Å². The molecule has 4 heteroatoms. The first-order valence-electron chi connectivity index (χ1n) is 6.83. The number of likely N-dealkylation sites (tertiary alicyclic amines) is 1. The molecule has 0 spiro atoms. The number of hydrogen-bond acceptors (Lipinski definition) is 3. The fraction of sp³-hybridized carbons (Fsp3) is 0.923. The lowest BCUT2D eigenvalue weighted by molar-refractivity contribution is -0.129. The maximum atomic E-state index is 11.9. The topological polar surface area (TPSA) is 35.6 Å². The number of hydrogen-bond donors (Lipinski definition) is 1. The summed E-state index contributed by atoms with van der Waals surface area (Å²) in [5.41, 5.74) is 0. The van der Waals surface area contributed by atoms with E-state index in [9.17, 15) is 4.79 Å². The van der Waals surface area contributed by atoms with Crippen LogP contribution in [-0.4, -0.2) is 54.6 Å². The Labute approximate surface area is 104 Å². The molecule has 2 aliphatic heterocycles. The Bertz CT molecular complexity index is 274. The van der Waals surface area contributed by atoms with Crippen LogP contribution in [-0.2, 0) is 4.79 Å². The van der Waals surface area contributed by atoms with Gasteiger partial charge in [0.05, 0.1) is 12.2 Å². The van der Waals surface area contributed by atoms with Gasteiger partial charge in [-0.05, 0) is 59.2 Å². The molecule has 0 bridgehead atoms. The Morgan fingerprint density at radius 3 is 2.47 bits per heavy atom. The Morgan fingerprint density at radius 2 is 1.94 bits per heavy atom. The zero-order valence-electron chi connectivity index (χ0n) is 11.3. The molecule has 2 unspecified atom stereocenters. The number of nitrogens with one attached hydrogen (secondary N) is 1. The molecule has 1 N–H and O–H groups in total. The van der Waals surface area contributed by atoms with Gasteiger partial charge >= 0.3 is 0 Å². The van der Waals surface area contributed by atoms with Crippen molar-refractivity contribution in [3.63, 3.8) is 0 Å². The molecule has 0 aromatic rings. The van der Waals surface area contributed by atoms with Crippen LogP contribution in [0.15, 0.2) is 0 Å². The zero-order valence-corrected chi connectivity index (χ0v) is 11.3. The SMILES string of the molecule is CC1NC(C)N(CCC2CCN(C)CC2)C1=O. The van der Waals surface area contributed by atoms with Gasteiger partial charge in [-0.3, -0.25) is 10.1 Å². The van der Waals surface area contributed by atoms with Gasteiger partial charge in [0.1, 0.15) is 0 Å². The van der Waals surface area contributed by atoms with Crippen molar-refractivity contribution in [2.45, 2.75) is 45.3 Å². The van der Waals surface area contributed by atoms with E-state index in [1.165, 1.54) is 32.4 Å². The first kappa shape index (κ1) is 12.8. The summed E-state index contributed by atoms with van der Waals surface area (Å²) >= 11 is 0. The molecule has 0 aromatic carbocycles. The quantitative estimate of drug-likeness (QED) is 0.794. The number of carbonyl (C=O) groups excluding carboxylic acids is 1. The molecule has 0 aliphatic carbocycles. The molecular formula is C13H25N3O. The summed E-state index contributed by atoms with van der Waals surface area (Å²) in [6, 6.07) is 0.00230. The third-order valence-electron chi connectivity index (χ3n) is 4.23. The van der Waals surface area contributed by atoms with Crippen LogP contribution >= 0.6 is 0 Å². The average molecular weight is 239 g/mol. The average Bonchev–Trinajstić information content (AvgIpc) is 2.54. The smallest absolute Gasteiger partial charge is 0.240 e. The molecule has 0 radical (unpaired) electrons. The van der Waals surface area contributed by atoms with E-state index >= 15 is 0 Å². The number of carbonyl (C=O) groups is 1. The highest BCUT2D eigenvalue weighted by atomic mass is 16.2. The van der Waals surface area contributed by atoms with Gasteiger partial charge in [-0.15, -0.1) is 0 Å². The second-order valence-electron chi connectivity index (χ2n) is 5.63. The predicted octanol–water partition coefficient (Wildman–Crippen LogP) is 0.885. The molecule has 2 fully saturated rings. The van der Waals surface area contributed by atoms with Gasteiger partial charge in [-0.2, -0.15) is 0 Å². The maximum Gasteiger partial charge on any atom is 0.240 e. The third-order valence-corrected chi connectivity index (χ3v) is 4.23. The van der Waals surface area contributed by atoms with Crippen LogP contribution in [0.3, 0.4) is 0 Å². The minimum Gasteiger partial charge on any atom is -0.326 e. The summed E-state index contributed by atoms with van der Waals surface area (Å²) < 4.78 is 0. The van der Waals surface area contributed by atoms with E-state index in [0.717, 1.165) is 12.5 Å². The maximum absolute atomic E-state index is 11.9. The zero-order chi connectivity index (χ0) is 12.4. The standard InChI is InChI=1S/C13H25N3O/c1-10-13(17)16(11(2)14-10)9-6-12-4-7-15(3)8-5-12/h10-12,14H,4-9H2,1-3H3. The van der Waals surface area contributed by atoms with Gasteiger partial charge in [-0.25, -0.2) is 0 Å². The monoisotopic (exact) mass is 239 g/mol. The molecule has 2 rings (SSSR count). The molecule has 2 atom stereocenters. The second kappa shape index (κ2) is 5.36. The van der Waals surface area contributed by atoms with Crippen molar-refractivity contribution in [3.05, 3.63) is 0 Å². The predicted molar refractivity (Wildman–Crippen MR) is 68.6 cm³/mol. The number of rotatable bonds is 3. The Hall–Kier alpha value is -0.610. The summed E-state index contributed by atoms with van der Waals surface area (Å²) in [6.07, 6.45) is 3.95. The number of amides is 1. The normalized spacial score (nSPS) is 32.4. The summed E-state index contributed by atoms with van der Waals surface area (Å²) in [5, 5.41) is 3.28. The van der Waals surface area contributed by atoms with Crippen molar-refractivity contribution < 1.29 is 4.79 Å². The Morgan fingerprint density at radius 1 is 1.29 bits per heavy atom. The molecule has 0 aromatic heterocycles. The Balaban J connectivity index is 1.76. The van der Waals surface area contributed by atoms with Crippen LogP contribution in [0.1, 0.15) is 33.1 Å². The first-order valence-corrected chi connectivity index (χ1v) is 6.83. The van der Waals surface area contributed by atoms with E-state index in [-0.39, 0.29) is 18.1 Å². The van der Waals surface area contributed by atoms with Crippen LogP contribution in [0.4, 0.5) is 0 Å². The summed E-state index contributed by atoms with van der Waals surface area (Å²) in [5.74, 6) is 1.08. The van der Waals surface area contributed by atoms with E-state index in [4.69, 9.17) is 0 Å². The van der Waals surface area contributed by atoms with Crippen LogP contribution in [0, 0.1) is 5.92 Å². The summed E-state index contributed by atoms with van der Waals surface area (Å²) in [4.78, 5) is 16.3. The van der Waals surface area contributed by atoms with E-state index in [0.29, 0.717) is 0 Å². The molecule has 17 heavy (non-hydrogen) atoms. The highest BCUT2D eigenvalue weighted by molar-refractivity contribution is 5.83. The van der Waals surface area contributed by atoms with Gasteiger partial charge in [-0.1, -0.05) is 0 Å². The lowest BCUT2D eigenvalue weighted by atomic mass is 9.93. The van der Waals surface area contributed by atoms with E-state index in [1.807, 2.05) is 11.8 Å². The van der Waals surface area contributed by atoms with Crippen molar-refractivity contribution >= 4 is 5.91 Å². The van der Waals surface area contributed by atoms with Crippen molar-refractivity contribution in [2.75, 3.05) is 26.7 Å². The summed E-state index contributed by atoms with van der Waals surface area (Å²) in [7, 11) is 2.19. The van der Waals surface area contributed by atoms with Crippen molar-refractivity contribution in [2.24, 2.45) is 5.92 Å². The molecule has 2 aliphatic rings. The minimum atomic E-state index is 0.00230. The molecule has 98 valence electrons. The lowest BCUT2D eigenvalue weighted by Crippen LogP contribution is -2.37. The van der Waals surface area contributed by atoms with Crippen molar-refractivity contribution in [1.29, 1.82) is 0 Å². The lowest BCUT2D eigenvalue weighted by Gasteiger charge is -2.30. The van der Waals surface area contributed by atoms with E-state index in [2.05, 4.69) is 24.2 Å². The van der Waals surface area contributed by atoms with Crippen molar-refractivity contribution in [1.82, 2.24) is 15.1 Å². The third kappa shape index (κ3) is 2.99. The largest absolute Gasteiger partial charge is 0.326 e. The number of nitrogens with zero attached hydrogens (tertiary/aromatic N) is 2. The van der Waals surface area contributed by atoms with Gasteiger partial charge < -0.3 is 9.80 Å². The molecular weight excluding hydrogens is 214 g/mol. The molecule has 0 saturated carbocycles. The minimum absolute atomic E-state index is 0.00230. The Kier molecular flexibility index (Phi) is 4.05.